The molecule has 326 valence electrons. The van der Waals surface area contributed by atoms with Crippen LogP contribution in [-0.2, 0) is 0 Å². The van der Waals surface area contributed by atoms with Crippen LogP contribution in [0.25, 0.3) is 139 Å². The minimum absolute atomic E-state index is 0.571. The van der Waals surface area contributed by atoms with Crippen molar-refractivity contribution in [3.05, 3.63) is 243 Å². The van der Waals surface area contributed by atoms with E-state index in [0.717, 1.165) is 88.7 Å². The highest BCUT2D eigenvalue weighted by atomic mass is 16.3. The fourth-order valence-corrected chi connectivity index (χ4v) is 10.6. The van der Waals surface area contributed by atoms with E-state index in [0.29, 0.717) is 17.5 Å². The monoisotopic (exact) mass is 892 g/mol. The number of nitrogens with zero attached hydrogens (tertiary/aromatic N) is 4. The Labute approximate surface area is 403 Å². The summed E-state index contributed by atoms with van der Waals surface area (Å²) in [6, 6.07) is 85.8. The molecule has 14 rings (SSSR count). The summed E-state index contributed by atoms with van der Waals surface area (Å²) < 4.78 is 9.07. The van der Waals surface area contributed by atoms with Gasteiger partial charge >= 0.3 is 0 Å². The summed E-state index contributed by atoms with van der Waals surface area (Å²) in [6.45, 7) is 0. The van der Waals surface area contributed by atoms with Crippen LogP contribution >= 0.6 is 0 Å². The normalized spacial score (nSPS) is 11.7. The summed E-state index contributed by atoms with van der Waals surface area (Å²) in [4.78, 5) is 16.3. The molecule has 14 aromatic rings. The van der Waals surface area contributed by atoms with Crippen LogP contribution in [0.5, 0.6) is 0 Å². The third-order valence-corrected chi connectivity index (χ3v) is 13.8. The highest BCUT2D eigenvalue weighted by Gasteiger charge is 2.24. The number of hydrogen-bond acceptors (Lipinski definition) is 4. The van der Waals surface area contributed by atoms with E-state index in [9.17, 15) is 0 Å². The first-order chi connectivity index (χ1) is 34.7. The molecular formula is C65H40N4O. The Balaban J connectivity index is 1.09. The number of hydrogen-bond donors (Lipinski definition) is 0. The van der Waals surface area contributed by atoms with Crippen LogP contribution in [0.3, 0.4) is 0 Å². The lowest BCUT2D eigenvalue weighted by Crippen LogP contribution is -2.03. The Morgan fingerprint density at radius 2 is 0.843 bits per heavy atom. The van der Waals surface area contributed by atoms with Crippen molar-refractivity contribution in [1.29, 1.82) is 0 Å². The summed E-state index contributed by atoms with van der Waals surface area (Å²) in [6.07, 6.45) is 0. The second-order valence-corrected chi connectivity index (χ2v) is 17.9. The third-order valence-electron chi connectivity index (χ3n) is 13.8. The molecular weight excluding hydrogens is 853 g/mol. The molecule has 0 saturated carbocycles. The molecule has 0 saturated heterocycles. The maximum Gasteiger partial charge on any atom is 0.164 e. The molecule has 0 radical (unpaired) electrons. The molecule has 70 heavy (non-hydrogen) atoms. The van der Waals surface area contributed by atoms with Gasteiger partial charge in [-0.05, 0) is 86.4 Å². The molecule has 0 amide bonds. The number of benzene rings is 11. The van der Waals surface area contributed by atoms with Gasteiger partial charge in [0.15, 0.2) is 17.5 Å². The molecule has 0 bridgehead atoms. The smallest absolute Gasteiger partial charge is 0.164 e. The number of rotatable bonds is 7. The van der Waals surface area contributed by atoms with Gasteiger partial charge in [-0.1, -0.05) is 200 Å². The molecule has 3 heterocycles. The zero-order valence-corrected chi connectivity index (χ0v) is 37.8. The first kappa shape index (κ1) is 39.7. The van der Waals surface area contributed by atoms with Crippen LogP contribution in [0.15, 0.2) is 247 Å². The Morgan fingerprint density at radius 3 is 1.54 bits per heavy atom. The Hall–Kier alpha value is -9.45. The van der Waals surface area contributed by atoms with Crippen molar-refractivity contribution in [2.45, 2.75) is 0 Å². The number of furan rings is 1. The second kappa shape index (κ2) is 16.1. The molecule has 5 heteroatoms. The SMILES string of the molecule is c1ccc(-c2ccccc2-c2nc(-c3ccc(-n4c5cc6ccccc6cc5c5ccc6ccccc6c54)c(-c4cccc5oc6ccccc6c45)c3)nc(-c3ccccc3-c3ccccc3)n2)cc1. The van der Waals surface area contributed by atoms with Crippen molar-refractivity contribution in [3.8, 4) is 73.2 Å². The second-order valence-electron chi connectivity index (χ2n) is 17.9. The standard InChI is InChI=1S/C65H40N4O/c1-3-18-41(19-4-1)47-25-11-13-28-52(47)64-66-63(67-65(68-64)53-29-14-12-26-48(53)42-20-5-2-6-21-42)46-35-37-57(55(39-46)50-31-17-33-60-61(50)54-30-15-16-32-59(54)70-60)69-58-40-45-24-8-7-23-44(45)38-56(58)51-36-34-43-22-9-10-27-49(43)62(51)69/h1-40H. The fraction of sp³-hybridized carbons (Fsp3) is 0. The van der Waals surface area contributed by atoms with E-state index >= 15 is 0 Å². The molecule has 11 aromatic carbocycles. The Kier molecular flexibility index (Phi) is 9.14. The van der Waals surface area contributed by atoms with Gasteiger partial charge in [0.2, 0.25) is 0 Å². The largest absolute Gasteiger partial charge is 0.456 e. The van der Waals surface area contributed by atoms with Gasteiger partial charge in [-0.15, -0.1) is 0 Å². The zero-order valence-electron chi connectivity index (χ0n) is 37.8. The summed E-state index contributed by atoms with van der Waals surface area (Å²) in [5.74, 6) is 1.76. The molecule has 0 N–H and O–H groups in total. The molecule has 0 unspecified atom stereocenters. The van der Waals surface area contributed by atoms with Crippen molar-refractivity contribution in [2.24, 2.45) is 0 Å². The van der Waals surface area contributed by atoms with Gasteiger partial charge < -0.3 is 8.98 Å². The van der Waals surface area contributed by atoms with Gasteiger partial charge in [0.05, 0.1) is 16.7 Å². The van der Waals surface area contributed by atoms with Crippen molar-refractivity contribution in [2.75, 3.05) is 0 Å². The molecule has 0 aliphatic carbocycles. The van der Waals surface area contributed by atoms with E-state index in [1.165, 1.54) is 32.3 Å². The first-order valence-electron chi connectivity index (χ1n) is 23.7. The number of fused-ring (bicyclic) bond motifs is 9. The highest BCUT2D eigenvalue weighted by molar-refractivity contribution is 6.21. The van der Waals surface area contributed by atoms with E-state index in [2.05, 4.69) is 229 Å². The van der Waals surface area contributed by atoms with Crippen LogP contribution in [-0.4, -0.2) is 19.5 Å². The van der Waals surface area contributed by atoms with Crippen LogP contribution < -0.4 is 0 Å². The van der Waals surface area contributed by atoms with E-state index in [1.807, 2.05) is 18.2 Å². The van der Waals surface area contributed by atoms with E-state index in [4.69, 9.17) is 19.4 Å². The van der Waals surface area contributed by atoms with Gasteiger partial charge in [0.25, 0.3) is 0 Å². The van der Waals surface area contributed by atoms with Crippen LogP contribution in [0.1, 0.15) is 0 Å². The third kappa shape index (κ3) is 6.44. The van der Waals surface area contributed by atoms with Crippen molar-refractivity contribution < 1.29 is 4.42 Å². The minimum Gasteiger partial charge on any atom is -0.456 e. The maximum atomic E-state index is 6.59. The maximum absolute atomic E-state index is 6.59. The molecule has 0 spiro atoms. The summed E-state index contributed by atoms with van der Waals surface area (Å²) in [5, 5.41) is 9.26. The lowest BCUT2D eigenvalue weighted by molar-refractivity contribution is 0.669. The highest BCUT2D eigenvalue weighted by Crippen LogP contribution is 2.45. The van der Waals surface area contributed by atoms with Crippen LogP contribution in [0, 0.1) is 0 Å². The van der Waals surface area contributed by atoms with Gasteiger partial charge in [0, 0.05) is 49.2 Å². The fourth-order valence-electron chi connectivity index (χ4n) is 10.6. The molecule has 3 aromatic heterocycles. The Morgan fingerprint density at radius 1 is 0.300 bits per heavy atom. The zero-order chi connectivity index (χ0) is 46.1. The van der Waals surface area contributed by atoms with Gasteiger partial charge in [-0.2, -0.15) is 0 Å². The minimum atomic E-state index is 0.571. The first-order valence-corrected chi connectivity index (χ1v) is 23.7. The van der Waals surface area contributed by atoms with E-state index in [-0.39, 0.29) is 0 Å². The summed E-state index contributed by atoms with van der Waals surface area (Å²) >= 11 is 0. The van der Waals surface area contributed by atoms with Crippen LogP contribution in [0.2, 0.25) is 0 Å². The lowest BCUT2D eigenvalue weighted by atomic mass is 9.95. The average Bonchev–Trinajstić information content (AvgIpc) is 3.98. The van der Waals surface area contributed by atoms with Gasteiger partial charge in [0.1, 0.15) is 11.2 Å². The van der Waals surface area contributed by atoms with Crippen LogP contribution in [0.4, 0.5) is 0 Å². The summed E-state index contributed by atoms with van der Waals surface area (Å²) in [7, 11) is 0. The van der Waals surface area contributed by atoms with Gasteiger partial charge in [-0.25, -0.2) is 15.0 Å². The molecule has 0 aliphatic heterocycles. The number of aromatic nitrogens is 4. The molecule has 0 aliphatic rings. The Bertz CT molecular complexity index is 4260. The molecule has 0 atom stereocenters. The van der Waals surface area contributed by atoms with E-state index < -0.39 is 0 Å². The van der Waals surface area contributed by atoms with E-state index in [1.54, 1.807) is 0 Å². The van der Waals surface area contributed by atoms with Crippen molar-refractivity contribution in [1.82, 2.24) is 19.5 Å². The quantitative estimate of drug-likeness (QED) is 0.160. The predicted octanol–water partition coefficient (Wildman–Crippen LogP) is 17.2. The van der Waals surface area contributed by atoms with Crippen molar-refractivity contribution >= 4 is 65.3 Å². The predicted molar refractivity (Wildman–Crippen MR) is 289 cm³/mol. The lowest BCUT2D eigenvalue weighted by Gasteiger charge is -2.18. The molecule has 5 nitrogen and oxygen atoms in total. The average molecular weight is 893 g/mol. The van der Waals surface area contributed by atoms with Gasteiger partial charge in [-0.3, -0.25) is 0 Å². The number of para-hydroxylation sites is 1. The topological polar surface area (TPSA) is 56.7 Å². The van der Waals surface area contributed by atoms with Crippen molar-refractivity contribution in [3.63, 3.8) is 0 Å². The summed E-state index contributed by atoms with van der Waals surface area (Å²) in [5.41, 5.74) is 14.0. The molecule has 0 fully saturated rings.